The number of benzene rings is 2. The van der Waals surface area contributed by atoms with Crippen LogP contribution in [0.3, 0.4) is 0 Å². The van der Waals surface area contributed by atoms with Crippen molar-refractivity contribution < 1.29 is 28.8 Å². The number of hydrogen-bond acceptors (Lipinski definition) is 16. The number of fused-ring (bicyclic) bond motifs is 1. The quantitative estimate of drug-likeness (QED) is 0.0282. The van der Waals surface area contributed by atoms with E-state index in [4.69, 9.17) is 21.2 Å². The fraction of sp³-hybridized carbons (Fsp3) is 0.233. The molecule has 2 atom stereocenters. The molecule has 1 saturated heterocycles. The summed E-state index contributed by atoms with van der Waals surface area (Å²) in [5.41, 5.74) is 9.63. The number of rotatable bonds is 13. The van der Waals surface area contributed by atoms with Crippen molar-refractivity contribution in [3.05, 3.63) is 94.1 Å². The molecule has 17 nitrogen and oxygen atoms in total. The summed E-state index contributed by atoms with van der Waals surface area (Å²) in [4.78, 5) is 63.6. The van der Waals surface area contributed by atoms with Crippen LogP contribution in [0.15, 0.2) is 87.6 Å². The predicted molar refractivity (Wildman–Crippen MR) is 184 cm³/mol. The molecule has 1 fully saturated rings. The standard InChI is InChI=1S/C30H29N11O6S3/c1-40-30(36-38-39-40)50-14-18-13-48-27-22(34-25(43)21(19-15-49-29(31)33-19)37-46-12-20(42)35-32)26(44)41(27)23(18)28(45)47-24(16-8-4-2-5-9-16)17-10-6-3-7-11-17/h2-11,15,22,24,27H,12-14,32H2,1H3,(H2,31,33)(H,34,43)(H,35,42)/t22?,27-/m0/s1. The fourth-order valence-corrected chi connectivity index (χ4v) is 7.92. The van der Waals surface area contributed by atoms with Crippen molar-refractivity contribution in [1.29, 1.82) is 0 Å². The Morgan fingerprint density at radius 1 is 1.12 bits per heavy atom. The lowest BCUT2D eigenvalue weighted by Gasteiger charge is -2.49. The number of nitrogens with two attached hydrogens (primary N) is 2. The van der Waals surface area contributed by atoms with Gasteiger partial charge in [0.1, 0.15) is 22.8 Å². The Morgan fingerprint density at radius 3 is 2.42 bits per heavy atom. The first-order chi connectivity index (χ1) is 24.2. The van der Waals surface area contributed by atoms with E-state index < -0.39 is 47.8 Å². The third-order valence-corrected chi connectivity index (χ3v) is 10.5. The summed E-state index contributed by atoms with van der Waals surface area (Å²) < 4.78 is 7.71. The second-order valence-corrected chi connectivity index (χ2v) is 13.6. The SMILES string of the molecule is Cn1nnnc1SCC1=C(C(=O)OC(c2ccccc2)c2ccccc2)N2C(=O)C(NC(=O)C(=NOCC(=O)NN)c3csc(N)n3)[C@@H]2SC1. The molecular formula is C30H29N11O6S3. The molecule has 3 amide bonds. The van der Waals surface area contributed by atoms with E-state index in [1.807, 2.05) is 66.1 Å². The van der Waals surface area contributed by atoms with Crippen molar-refractivity contribution >= 4 is 69.4 Å². The number of nitrogens with zero attached hydrogens (tertiary/aromatic N) is 7. The lowest BCUT2D eigenvalue weighted by atomic mass is 10.0. The zero-order valence-corrected chi connectivity index (χ0v) is 28.6. The number of anilines is 1. The van der Waals surface area contributed by atoms with Gasteiger partial charge in [-0.1, -0.05) is 77.6 Å². The smallest absolute Gasteiger partial charge is 0.356 e. The van der Waals surface area contributed by atoms with Crippen LogP contribution in [0.2, 0.25) is 0 Å². The minimum Gasteiger partial charge on any atom is -0.448 e. The summed E-state index contributed by atoms with van der Waals surface area (Å²) in [5.74, 6) is 2.97. The highest BCUT2D eigenvalue weighted by atomic mass is 32.2. The first-order valence-electron chi connectivity index (χ1n) is 14.8. The molecule has 4 aromatic rings. The summed E-state index contributed by atoms with van der Waals surface area (Å²) in [7, 11) is 1.70. The third kappa shape index (κ3) is 7.47. The first kappa shape index (κ1) is 34.5. The van der Waals surface area contributed by atoms with Gasteiger partial charge in [-0.2, -0.15) is 0 Å². The van der Waals surface area contributed by atoms with E-state index in [-0.39, 0.29) is 28.0 Å². The number of esters is 1. The number of nitrogens with one attached hydrogen (secondary N) is 2. The molecule has 1 unspecified atom stereocenters. The van der Waals surface area contributed by atoms with Crippen LogP contribution in [0.5, 0.6) is 0 Å². The van der Waals surface area contributed by atoms with E-state index in [1.54, 1.807) is 7.05 Å². The number of nitrogen functional groups attached to an aromatic ring is 1. The van der Waals surface area contributed by atoms with Gasteiger partial charge in [0.15, 0.2) is 23.6 Å². The molecule has 2 aliphatic heterocycles. The molecule has 0 radical (unpaired) electrons. The minimum absolute atomic E-state index is 0.0766. The Balaban J connectivity index is 1.27. The van der Waals surface area contributed by atoms with Crippen molar-refractivity contribution in [1.82, 2.24) is 40.8 Å². The number of carbonyl (C=O) groups is 4. The van der Waals surface area contributed by atoms with Crippen LogP contribution in [0, 0.1) is 0 Å². The molecule has 4 heterocycles. The van der Waals surface area contributed by atoms with Crippen molar-refractivity contribution in [2.45, 2.75) is 22.7 Å². The second-order valence-electron chi connectivity index (χ2n) is 10.6. The van der Waals surface area contributed by atoms with Crippen LogP contribution in [-0.4, -0.2) is 89.0 Å². The molecule has 0 aliphatic carbocycles. The molecule has 20 heteroatoms. The number of ether oxygens (including phenoxy) is 1. The highest BCUT2D eigenvalue weighted by Crippen LogP contribution is 2.42. The van der Waals surface area contributed by atoms with Crippen molar-refractivity contribution in [2.24, 2.45) is 18.0 Å². The van der Waals surface area contributed by atoms with Gasteiger partial charge in [-0.15, -0.1) is 28.2 Å². The normalized spacial score (nSPS) is 17.2. The number of oxime groups is 1. The van der Waals surface area contributed by atoms with Gasteiger partial charge in [0.05, 0.1) is 0 Å². The van der Waals surface area contributed by atoms with E-state index in [1.165, 1.54) is 38.5 Å². The topological polar surface area (TPSA) is 235 Å². The molecule has 0 spiro atoms. The molecule has 2 aromatic heterocycles. The van der Waals surface area contributed by atoms with Gasteiger partial charge < -0.3 is 20.6 Å². The number of β-lactam (4-membered cyclic amide) rings is 1. The summed E-state index contributed by atoms with van der Waals surface area (Å²) in [5, 5.41) is 19.5. The van der Waals surface area contributed by atoms with Gasteiger partial charge in [0.2, 0.25) is 5.16 Å². The largest absolute Gasteiger partial charge is 0.448 e. The minimum atomic E-state index is -1.04. The average molecular weight is 736 g/mol. The number of amides is 3. The molecule has 2 aromatic carbocycles. The van der Waals surface area contributed by atoms with Crippen molar-refractivity contribution in [2.75, 3.05) is 23.8 Å². The molecule has 258 valence electrons. The van der Waals surface area contributed by atoms with Crippen molar-refractivity contribution in [3.8, 4) is 0 Å². The van der Waals surface area contributed by atoms with Crippen LogP contribution < -0.4 is 22.3 Å². The van der Waals surface area contributed by atoms with Gasteiger partial charge in [0, 0.05) is 23.9 Å². The van der Waals surface area contributed by atoms with E-state index in [0.29, 0.717) is 16.5 Å². The Morgan fingerprint density at radius 2 is 1.82 bits per heavy atom. The number of thioether (sulfide) groups is 2. The number of tetrazole rings is 1. The molecule has 6 rings (SSSR count). The third-order valence-electron chi connectivity index (χ3n) is 7.41. The lowest BCUT2D eigenvalue weighted by Crippen LogP contribution is -2.71. The van der Waals surface area contributed by atoms with Gasteiger partial charge >= 0.3 is 5.97 Å². The first-order valence-corrected chi connectivity index (χ1v) is 17.7. The van der Waals surface area contributed by atoms with Crippen LogP contribution in [0.4, 0.5) is 5.13 Å². The zero-order valence-electron chi connectivity index (χ0n) is 26.2. The molecular weight excluding hydrogens is 707 g/mol. The van der Waals surface area contributed by atoms with Gasteiger partial charge in [-0.05, 0) is 27.1 Å². The second kappa shape index (κ2) is 15.5. The molecule has 6 N–H and O–H groups in total. The number of hydrogen-bond donors (Lipinski definition) is 4. The summed E-state index contributed by atoms with van der Waals surface area (Å²) in [6, 6.07) is 17.5. The summed E-state index contributed by atoms with van der Waals surface area (Å²) in [6.07, 6.45) is -0.764. The van der Waals surface area contributed by atoms with Crippen molar-refractivity contribution in [3.63, 3.8) is 0 Å². The van der Waals surface area contributed by atoms with Crippen LogP contribution >= 0.6 is 34.9 Å². The Kier molecular flexibility index (Phi) is 10.7. The fourth-order valence-electron chi connectivity index (χ4n) is 5.03. The van der Waals surface area contributed by atoms with E-state index in [9.17, 15) is 19.2 Å². The Labute approximate surface area is 296 Å². The van der Waals surface area contributed by atoms with Gasteiger partial charge in [-0.3, -0.25) is 24.7 Å². The maximum Gasteiger partial charge on any atom is 0.356 e. The molecule has 50 heavy (non-hydrogen) atoms. The monoisotopic (exact) mass is 735 g/mol. The van der Waals surface area contributed by atoms with Gasteiger partial charge in [0.25, 0.3) is 17.7 Å². The Hall–Kier alpha value is -5.31. The van der Waals surface area contributed by atoms with Crippen LogP contribution in [0.1, 0.15) is 22.9 Å². The number of aromatic nitrogens is 5. The molecule has 2 aliphatic rings. The predicted octanol–water partition coefficient (Wildman–Crippen LogP) is 0.739. The highest BCUT2D eigenvalue weighted by Gasteiger charge is 2.55. The van der Waals surface area contributed by atoms with Gasteiger partial charge in [-0.25, -0.2) is 20.3 Å². The number of thiazole rings is 1. The molecule has 0 saturated carbocycles. The Bertz CT molecular complexity index is 1910. The zero-order chi connectivity index (χ0) is 35.2. The summed E-state index contributed by atoms with van der Waals surface area (Å²) in [6.45, 7) is -0.573. The number of aryl methyl sites for hydroxylation is 1. The maximum atomic E-state index is 14.2. The average Bonchev–Trinajstić information content (AvgIpc) is 3.77. The lowest BCUT2D eigenvalue weighted by molar-refractivity contribution is -0.154. The molecule has 0 bridgehead atoms. The maximum absolute atomic E-state index is 14.2. The van der Waals surface area contributed by atoms with Crippen LogP contribution in [-0.2, 0) is 35.8 Å². The van der Waals surface area contributed by atoms with E-state index >= 15 is 0 Å². The van der Waals surface area contributed by atoms with E-state index in [2.05, 4.69) is 31.0 Å². The van der Waals surface area contributed by atoms with Crippen LogP contribution in [0.25, 0.3) is 0 Å². The highest BCUT2D eigenvalue weighted by molar-refractivity contribution is 8.01. The number of carbonyl (C=O) groups excluding carboxylic acids is 4. The number of hydrazine groups is 1. The summed E-state index contributed by atoms with van der Waals surface area (Å²) >= 11 is 3.73. The van der Waals surface area contributed by atoms with E-state index in [0.717, 1.165) is 22.5 Å².